The molecular formula is C28H32N8O2. The van der Waals surface area contributed by atoms with Crippen LogP contribution in [0.2, 0.25) is 0 Å². The van der Waals surface area contributed by atoms with Crippen molar-refractivity contribution in [2.45, 2.75) is 32.5 Å². The third-order valence-corrected chi connectivity index (χ3v) is 6.43. The maximum atomic E-state index is 13.2. The Morgan fingerprint density at radius 2 is 1.97 bits per heavy atom. The second-order valence-corrected chi connectivity index (χ2v) is 10.1. The molecule has 0 bridgehead atoms. The average molecular weight is 513 g/mol. The molecule has 10 nitrogen and oxygen atoms in total. The lowest BCUT2D eigenvalue weighted by atomic mass is 9.98. The Kier molecular flexibility index (Phi) is 6.60. The number of benzene rings is 1. The monoisotopic (exact) mass is 512 g/mol. The minimum absolute atomic E-state index is 0.223. The number of fused-ring (bicyclic) bond motifs is 2. The van der Waals surface area contributed by atoms with Crippen molar-refractivity contribution in [2.75, 3.05) is 26.0 Å². The van der Waals surface area contributed by atoms with E-state index in [4.69, 9.17) is 9.97 Å². The number of aliphatic hydroxyl groups is 1. The molecule has 0 saturated carbocycles. The highest BCUT2D eigenvalue weighted by Gasteiger charge is 2.20. The molecule has 0 unspecified atom stereocenters. The molecule has 0 saturated heterocycles. The van der Waals surface area contributed by atoms with E-state index in [1.165, 1.54) is 6.20 Å². The van der Waals surface area contributed by atoms with Crippen molar-refractivity contribution < 1.29 is 5.11 Å². The second-order valence-electron chi connectivity index (χ2n) is 10.1. The van der Waals surface area contributed by atoms with Gasteiger partial charge in [0, 0.05) is 25.5 Å². The van der Waals surface area contributed by atoms with Gasteiger partial charge in [-0.25, -0.2) is 19.3 Å². The van der Waals surface area contributed by atoms with E-state index in [0.717, 1.165) is 29.7 Å². The fourth-order valence-electron chi connectivity index (χ4n) is 4.42. The summed E-state index contributed by atoms with van der Waals surface area (Å²) in [4.78, 5) is 29.2. The van der Waals surface area contributed by atoms with Crippen LogP contribution in [0.5, 0.6) is 0 Å². The first-order chi connectivity index (χ1) is 18.2. The van der Waals surface area contributed by atoms with Crippen molar-refractivity contribution in [3.05, 3.63) is 83.4 Å². The number of anilines is 2. The summed E-state index contributed by atoms with van der Waals surface area (Å²) >= 11 is 0. The van der Waals surface area contributed by atoms with Gasteiger partial charge in [-0.05, 0) is 63.8 Å². The number of aromatic nitrogens is 6. The van der Waals surface area contributed by atoms with Gasteiger partial charge < -0.3 is 19.9 Å². The molecule has 1 aromatic carbocycles. The van der Waals surface area contributed by atoms with Crippen LogP contribution in [-0.2, 0) is 18.7 Å². The summed E-state index contributed by atoms with van der Waals surface area (Å²) in [6, 6.07) is 13.3. The molecule has 0 spiro atoms. The first-order valence-corrected chi connectivity index (χ1v) is 12.5. The molecule has 5 rings (SSSR count). The van der Waals surface area contributed by atoms with Crippen LogP contribution in [0.15, 0.2) is 72.3 Å². The van der Waals surface area contributed by atoms with Crippen LogP contribution in [-0.4, -0.2) is 59.5 Å². The Morgan fingerprint density at radius 3 is 2.71 bits per heavy atom. The number of pyridine rings is 1. The summed E-state index contributed by atoms with van der Waals surface area (Å²) in [6.07, 6.45) is 5.22. The Balaban J connectivity index is 1.55. The normalized spacial score (nSPS) is 12.1. The lowest BCUT2D eigenvalue weighted by molar-refractivity contribution is 0.0786. The van der Waals surface area contributed by atoms with Gasteiger partial charge in [0.1, 0.15) is 11.2 Å². The van der Waals surface area contributed by atoms with Gasteiger partial charge >= 0.3 is 0 Å². The molecule has 4 heterocycles. The lowest BCUT2D eigenvalue weighted by Gasteiger charge is -2.19. The van der Waals surface area contributed by atoms with Crippen LogP contribution in [0.4, 0.5) is 11.8 Å². The summed E-state index contributed by atoms with van der Waals surface area (Å²) in [6.45, 7) is 9.35. The maximum Gasteiger partial charge on any atom is 0.278 e. The van der Waals surface area contributed by atoms with Gasteiger partial charge in [0.25, 0.3) is 5.56 Å². The van der Waals surface area contributed by atoms with E-state index in [0.29, 0.717) is 28.5 Å². The van der Waals surface area contributed by atoms with E-state index < -0.39 is 5.60 Å². The summed E-state index contributed by atoms with van der Waals surface area (Å²) < 4.78 is 5.47. The van der Waals surface area contributed by atoms with Crippen molar-refractivity contribution in [1.29, 1.82) is 0 Å². The first-order valence-electron chi connectivity index (χ1n) is 12.5. The number of hydrogen-bond donors (Lipinski definition) is 2. The molecule has 5 aromatic rings. The van der Waals surface area contributed by atoms with Crippen LogP contribution in [0.3, 0.4) is 0 Å². The molecule has 38 heavy (non-hydrogen) atoms. The van der Waals surface area contributed by atoms with E-state index in [-0.39, 0.29) is 12.1 Å². The van der Waals surface area contributed by atoms with Gasteiger partial charge in [-0.2, -0.15) is 4.98 Å². The predicted molar refractivity (Wildman–Crippen MR) is 150 cm³/mol. The molecule has 196 valence electrons. The van der Waals surface area contributed by atoms with Crippen LogP contribution in [0.1, 0.15) is 19.4 Å². The van der Waals surface area contributed by atoms with E-state index in [9.17, 15) is 9.90 Å². The number of nitrogens with one attached hydrogen (secondary N) is 1. The van der Waals surface area contributed by atoms with E-state index in [1.807, 2.05) is 48.7 Å². The standard InChI is InChI=1S/C28H32N8O2/c1-6-13-35-26(37)21-18-29-27(32-25(21)36(35)20-9-7-8-19(17-20)28(2,3)38)31-24-11-10-23-22(30-24)12-14-34(23)16-15-33(4)5/h6-12,14,17-18,38H,1,13,15-16H2,2-5H3,(H,29,30,31,32). The zero-order valence-corrected chi connectivity index (χ0v) is 22.1. The first kappa shape index (κ1) is 25.4. The molecule has 4 aromatic heterocycles. The summed E-state index contributed by atoms with van der Waals surface area (Å²) in [5.74, 6) is 0.921. The van der Waals surface area contributed by atoms with Crippen molar-refractivity contribution in [1.82, 2.24) is 33.8 Å². The second kappa shape index (κ2) is 9.88. The zero-order valence-electron chi connectivity index (χ0n) is 22.1. The number of nitrogens with zero attached hydrogens (tertiary/aromatic N) is 7. The van der Waals surface area contributed by atoms with Gasteiger partial charge in [0.05, 0.1) is 28.9 Å². The number of rotatable bonds is 9. The minimum atomic E-state index is -1.04. The fourth-order valence-corrected chi connectivity index (χ4v) is 4.42. The summed E-state index contributed by atoms with van der Waals surface area (Å²) in [5.41, 5.74) is 2.51. The Morgan fingerprint density at radius 1 is 1.16 bits per heavy atom. The fraction of sp³-hybridized carbons (Fsp3) is 0.286. The van der Waals surface area contributed by atoms with Crippen molar-refractivity contribution in [3.8, 4) is 5.69 Å². The molecule has 0 aliphatic rings. The largest absolute Gasteiger partial charge is 0.386 e. The van der Waals surface area contributed by atoms with Crippen LogP contribution < -0.4 is 10.9 Å². The number of likely N-dealkylation sites (N-methyl/N-ethyl adjacent to an activating group) is 1. The summed E-state index contributed by atoms with van der Waals surface area (Å²) in [5, 5.41) is 14.1. The third kappa shape index (κ3) is 4.83. The molecule has 0 atom stereocenters. The van der Waals surface area contributed by atoms with Crippen LogP contribution in [0.25, 0.3) is 27.8 Å². The Bertz CT molecular complexity index is 1690. The van der Waals surface area contributed by atoms with Crippen molar-refractivity contribution in [2.24, 2.45) is 0 Å². The SMILES string of the molecule is C=CCn1c(=O)c2cnc(Nc3ccc4c(ccn4CCN(C)C)n3)nc2n1-c1cccc(C(C)(C)O)c1. The van der Waals surface area contributed by atoms with Crippen LogP contribution in [0, 0.1) is 0 Å². The number of allylic oxidation sites excluding steroid dienone is 1. The van der Waals surface area contributed by atoms with Crippen molar-refractivity contribution in [3.63, 3.8) is 0 Å². The smallest absolute Gasteiger partial charge is 0.278 e. The quantitative estimate of drug-likeness (QED) is 0.290. The minimum Gasteiger partial charge on any atom is -0.386 e. The molecule has 0 aliphatic heterocycles. The molecule has 2 N–H and O–H groups in total. The average Bonchev–Trinajstić information content (AvgIpc) is 3.40. The highest BCUT2D eigenvalue weighted by atomic mass is 16.3. The van der Waals surface area contributed by atoms with Gasteiger partial charge in [-0.1, -0.05) is 18.2 Å². The topological polar surface area (TPSA) is 106 Å². The van der Waals surface area contributed by atoms with Crippen molar-refractivity contribution >= 4 is 33.8 Å². The van der Waals surface area contributed by atoms with Gasteiger partial charge in [-0.3, -0.25) is 4.79 Å². The molecule has 0 amide bonds. The Labute approximate surface area is 220 Å². The highest BCUT2D eigenvalue weighted by molar-refractivity contribution is 5.79. The zero-order chi connectivity index (χ0) is 27.0. The van der Waals surface area contributed by atoms with E-state index in [2.05, 4.69) is 40.4 Å². The molecule has 10 heteroatoms. The maximum absolute atomic E-state index is 13.2. The molecule has 0 radical (unpaired) electrons. The summed E-state index contributed by atoms with van der Waals surface area (Å²) in [7, 11) is 4.11. The van der Waals surface area contributed by atoms with E-state index in [1.54, 1.807) is 29.3 Å². The molecule has 0 fully saturated rings. The van der Waals surface area contributed by atoms with Gasteiger partial charge in [0.2, 0.25) is 5.95 Å². The molecule has 0 aliphatic carbocycles. The third-order valence-electron chi connectivity index (χ3n) is 6.43. The predicted octanol–water partition coefficient (Wildman–Crippen LogP) is 3.65. The lowest BCUT2D eigenvalue weighted by Crippen LogP contribution is -2.22. The van der Waals surface area contributed by atoms with Gasteiger partial charge in [0.15, 0.2) is 5.65 Å². The Hall–Kier alpha value is -4.28. The highest BCUT2D eigenvalue weighted by Crippen LogP contribution is 2.25. The van der Waals surface area contributed by atoms with E-state index >= 15 is 0 Å². The van der Waals surface area contributed by atoms with Crippen LogP contribution >= 0.6 is 0 Å². The van der Waals surface area contributed by atoms with Gasteiger partial charge in [-0.15, -0.1) is 6.58 Å². The number of hydrogen-bond acceptors (Lipinski definition) is 7. The molecular weight excluding hydrogens is 480 g/mol.